The van der Waals surface area contributed by atoms with Crippen LogP contribution in [0.4, 0.5) is 0 Å². The number of nitrogens with one attached hydrogen (secondary N) is 2. The van der Waals surface area contributed by atoms with Crippen molar-refractivity contribution in [3.63, 3.8) is 0 Å². The normalized spacial score (nSPS) is 18.6. The first-order valence-corrected chi connectivity index (χ1v) is 8.16. The lowest BCUT2D eigenvalue weighted by molar-refractivity contribution is -0.122. The highest BCUT2D eigenvalue weighted by molar-refractivity contribution is 5.77. The summed E-state index contributed by atoms with van der Waals surface area (Å²) in [4.78, 5) is 13.6. The summed E-state index contributed by atoms with van der Waals surface area (Å²) in [6.45, 7) is 6.98. The van der Waals surface area contributed by atoms with Gasteiger partial charge in [-0.1, -0.05) is 12.1 Å². The molecule has 1 saturated heterocycles. The van der Waals surface area contributed by atoms with Crippen molar-refractivity contribution in [1.29, 1.82) is 0 Å². The third-order valence-corrected chi connectivity index (χ3v) is 3.71. The second-order valence-corrected chi connectivity index (χ2v) is 5.77. The van der Waals surface area contributed by atoms with Crippen LogP contribution in [0.15, 0.2) is 24.3 Å². The molecule has 1 heterocycles. The van der Waals surface area contributed by atoms with Crippen molar-refractivity contribution in [3.8, 4) is 5.75 Å². The molecule has 1 aromatic rings. The molecule has 6 heteroatoms. The average Bonchev–Trinajstić information content (AvgIpc) is 2.54. The van der Waals surface area contributed by atoms with E-state index in [9.17, 15) is 4.79 Å². The summed E-state index contributed by atoms with van der Waals surface area (Å²) in [5, 5.41) is 6.12. The molecule has 1 aromatic carbocycles. The molecule has 2 N–H and O–H groups in total. The Labute approximate surface area is 138 Å². The lowest BCUT2D eigenvalue weighted by Crippen LogP contribution is -2.44. The van der Waals surface area contributed by atoms with Gasteiger partial charge >= 0.3 is 0 Å². The zero-order valence-corrected chi connectivity index (χ0v) is 14.0. The van der Waals surface area contributed by atoms with Crippen molar-refractivity contribution in [2.24, 2.45) is 0 Å². The van der Waals surface area contributed by atoms with Crippen LogP contribution in [0.2, 0.25) is 0 Å². The maximum atomic E-state index is 11.3. The maximum absolute atomic E-state index is 11.3. The fraction of sp³-hybridized carbons (Fsp3) is 0.588. The van der Waals surface area contributed by atoms with E-state index in [2.05, 4.69) is 22.6 Å². The number of hydrogen-bond donors (Lipinski definition) is 2. The van der Waals surface area contributed by atoms with Crippen molar-refractivity contribution in [2.75, 3.05) is 46.4 Å². The first-order chi connectivity index (χ1) is 11.2. The predicted molar refractivity (Wildman–Crippen MR) is 89.6 cm³/mol. The first kappa shape index (κ1) is 17.7. The van der Waals surface area contributed by atoms with Gasteiger partial charge in [-0.2, -0.15) is 0 Å². The number of morpholine rings is 1. The second-order valence-electron chi connectivity index (χ2n) is 5.77. The van der Waals surface area contributed by atoms with Crippen molar-refractivity contribution in [3.05, 3.63) is 29.8 Å². The lowest BCUT2D eigenvalue weighted by Gasteiger charge is -2.30. The molecule has 0 radical (unpaired) electrons. The minimum absolute atomic E-state index is 0.0535. The van der Waals surface area contributed by atoms with Gasteiger partial charge in [0, 0.05) is 32.7 Å². The Balaban J connectivity index is 1.67. The van der Waals surface area contributed by atoms with Crippen molar-refractivity contribution < 1.29 is 14.3 Å². The molecule has 0 bridgehead atoms. The van der Waals surface area contributed by atoms with E-state index in [1.807, 2.05) is 31.2 Å². The van der Waals surface area contributed by atoms with Gasteiger partial charge in [0.05, 0.1) is 12.7 Å². The van der Waals surface area contributed by atoms with Crippen LogP contribution in [0.1, 0.15) is 12.5 Å². The van der Waals surface area contributed by atoms with Crippen LogP contribution in [-0.2, 0) is 16.1 Å². The third kappa shape index (κ3) is 6.56. The van der Waals surface area contributed by atoms with Gasteiger partial charge in [0.25, 0.3) is 5.91 Å². The van der Waals surface area contributed by atoms with E-state index >= 15 is 0 Å². The molecule has 1 aliphatic heterocycles. The summed E-state index contributed by atoms with van der Waals surface area (Å²) in [6.07, 6.45) is 0.258. The van der Waals surface area contributed by atoms with Crippen molar-refractivity contribution in [2.45, 2.75) is 19.6 Å². The number of likely N-dealkylation sites (N-methyl/N-ethyl adjacent to an activating group) is 2. The fourth-order valence-electron chi connectivity index (χ4n) is 2.47. The first-order valence-electron chi connectivity index (χ1n) is 8.16. The highest BCUT2D eigenvalue weighted by Gasteiger charge is 2.16. The minimum Gasteiger partial charge on any atom is -0.484 e. The Morgan fingerprint density at radius 1 is 1.39 bits per heavy atom. The number of hydrogen-bond acceptors (Lipinski definition) is 5. The number of ether oxygens (including phenoxy) is 2. The highest BCUT2D eigenvalue weighted by Crippen LogP contribution is 2.12. The molecule has 128 valence electrons. The van der Waals surface area contributed by atoms with E-state index < -0.39 is 0 Å². The molecule has 0 aliphatic carbocycles. The number of carbonyl (C=O) groups excluding carboxylic acids is 1. The molecule has 0 spiro atoms. The molecule has 6 nitrogen and oxygen atoms in total. The molecule has 0 unspecified atom stereocenters. The largest absolute Gasteiger partial charge is 0.484 e. The number of carbonyl (C=O) groups is 1. The van der Waals surface area contributed by atoms with E-state index in [-0.39, 0.29) is 18.6 Å². The van der Waals surface area contributed by atoms with Gasteiger partial charge in [-0.3, -0.25) is 4.79 Å². The van der Waals surface area contributed by atoms with E-state index in [0.29, 0.717) is 12.3 Å². The van der Waals surface area contributed by atoms with E-state index in [0.717, 1.165) is 32.8 Å². The fourth-order valence-corrected chi connectivity index (χ4v) is 2.47. The molecule has 0 saturated carbocycles. The topological polar surface area (TPSA) is 62.8 Å². The van der Waals surface area contributed by atoms with E-state index in [1.165, 1.54) is 5.56 Å². The Bertz CT molecular complexity index is 478. The van der Waals surface area contributed by atoms with Gasteiger partial charge in [-0.15, -0.1) is 0 Å². The summed E-state index contributed by atoms with van der Waals surface area (Å²) in [5.41, 5.74) is 1.18. The van der Waals surface area contributed by atoms with Gasteiger partial charge in [0.1, 0.15) is 5.75 Å². The van der Waals surface area contributed by atoms with Gasteiger partial charge < -0.3 is 25.0 Å². The van der Waals surface area contributed by atoms with Gasteiger partial charge in [0.2, 0.25) is 0 Å². The standard InChI is InChI=1S/C17H27N3O3/c1-3-19-17(21)13-23-15-6-4-14(5-7-15)10-18-11-16-12-20(2)8-9-22-16/h4-7,16,18H,3,8-13H2,1-2H3,(H,19,21)/t16-/m1/s1. The SMILES string of the molecule is CCNC(=O)COc1ccc(CNC[C@@H]2CN(C)CCO2)cc1. The molecule has 1 atom stereocenters. The number of nitrogens with zero attached hydrogens (tertiary/aromatic N) is 1. The van der Waals surface area contributed by atoms with Gasteiger partial charge in [-0.05, 0) is 31.7 Å². The Morgan fingerprint density at radius 3 is 2.87 bits per heavy atom. The monoisotopic (exact) mass is 321 g/mol. The van der Waals surface area contributed by atoms with Crippen molar-refractivity contribution in [1.82, 2.24) is 15.5 Å². The smallest absolute Gasteiger partial charge is 0.257 e. The maximum Gasteiger partial charge on any atom is 0.257 e. The third-order valence-electron chi connectivity index (χ3n) is 3.71. The zero-order valence-electron chi connectivity index (χ0n) is 14.0. The van der Waals surface area contributed by atoms with Gasteiger partial charge in [0.15, 0.2) is 6.61 Å². The van der Waals surface area contributed by atoms with Crippen LogP contribution in [0.5, 0.6) is 5.75 Å². The highest BCUT2D eigenvalue weighted by atomic mass is 16.5. The molecule has 1 amide bonds. The molecule has 23 heavy (non-hydrogen) atoms. The zero-order chi connectivity index (χ0) is 16.5. The quantitative estimate of drug-likeness (QED) is 0.735. The molecule has 1 fully saturated rings. The summed E-state index contributed by atoms with van der Waals surface area (Å²) < 4.78 is 11.1. The number of rotatable bonds is 8. The molecular weight excluding hydrogens is 294 g/mol. The predicted octanol–water partition coefficient (Wildman–Crippen LogP) is 0.622. The summed E-state index contributed by atoms with van der Waals surface area (Å²) in [6, 6.07) is 7.80. The minimum atomic E-state index is -0.101. The van der Waals surface area contributed by atoms with Crippen LogP contribution >= 0.6 is 0 Å². The Kier molecular flexibility index (Phi) is 7.32. The van der Waals surface area contributed by atoms with Crippen molar-refractivity contribution >= 4 is 5.91 Å². The second kappa shape index (κ2) is 9.50. The molecular formula is C17H27N3O3. The Hall–Kier alpha value is -1.63. The molecule has 1 aliphatic rings. The molecule has 2 rings (SSSR count). The summed E-state index contributed by atoms with van der Waals surface area (Å²) in [7, 11) is 2.12. The van der Waals surface area contributed by atoms with Crippen LogP contribution in [0.3, 0.4) is 0 Å². The number of amides is 1. The van der Waals surface area contributed by atoms with Crippen LogP contribution in [-0.4, -0.2) is 63.4 Å². The molecule has 0 aromatic heterocycles. The Morgan fingerprint density at radius 2 is 2.17 bits per heavy atom. The van der Waals surface area contributed by atoms with E-state index in [1.54, 1.807) is 0 Å². The summed E-state index contributed by atoms with van der Waals surface area (Å²) in [5.74, 6) is 0.605. The lowest BCUT2D eigenvalue weighted by atomic mass is 10.2. The van der Waals surface area contributed by atoms with E-state index in [4.69, 9.17) is 9.47 Å². The summed E-state index contributed by atoms with van der Waals surface area (Å²) >= 11 is 0. The van der Waals surface area contributed by atoms with Crippen LogP contribution in [0, 0.1) is 0 Å². The average molecular weight is 321 g/mol. The van der Waals surface area contributed by atoms with Gasteiger partial charge in [-0.25, -0.2) is 0 Å². The van der Waals surface area contributed by atoms with Crippen LogP contribution in [0.25, 0.3) is 0 Å². The van der Waals surface area contributed by atoms with Crippen LogP contribution < -0.4 is 15.4 Å². The number of benzene rings is 1.